The van der Waals surface area contributed by atoms with Gasteiger partial charge in [-0.1, -0.05) is 88.7 Å². The molecule has 0 heterocycles. The quantitative estimate of drug-likeness (QED) is 0.190. The highest BCUT2D eigenvalue weighted by Gasteiger charge is 2.40. The second kappa shape index (κ2) is 13.1. The van der Waals surface area contributed by atoms with E-state index in [1.807, 2.05) is 36.4 Å². The van der Waals surface area contributed by atoms with Crippen LogP contribution in [0.25, 0.3) is 0 Å². The number of benzene rings is 3. The first kappa shape index (κ1) is 27.9. The molecule has 0 aliphatic heterocycles. The average molecular weight is 568 g/mol. The van der Waals surface area contributed by atoms with E-state index in [-0.39, 0.29) is 13.2 Å². The SMILES string of the molecule is CC(C)(C)OC(=O)N[C@@H](c1ccc(Br)cc1)C(C(=O)OCc1ccccc1)C(=O)OCc1ccccc1. The molecule has 0 fully saturated rings. The molecule has 0 radical (unpaired) electrons. The molecule has 194 valence electrons. The van der Waals surface area contributed by atoms with Crippen LogP contribution in [0.4, 0.5) is 4.79 Å². The molecular weight excluding hydrogens is 538 g/mol. The Morgan fingerprint density at radius 3 is 1.65 bits per heavy atom. The van der Waals surface area contributed by atoms with E-state index in [0.717, 1.165) is 15.6 Å². The lowest BCUT2D eigenvalue weighted by Gasteiger charge is -2.28. The number of carbonyl (C=O) groups excluding carboxylic acids is 3. The summed E-state index contributed by atoms with van der Waals surface area (Å²) >= 11 is 3.39. The fraction of sp³-hybridized carbons (Fsp3) is 0.276. The molecule has 0 aliphatic carbocycles. The molecule has 3 aromatic carbocycles. The zero-order valence-electron chi connectivity index (χ0n) is 21.0. The fourth-order valence-corrected chi connectivity index (χ4v) is 3.73. The Labute approximate surface area is 225 Å². The lowest BCUT2D eigenvalue weighted by Crippen LogP contribution is -2.43. The van der Waals surface area contributed by atoms with Crippen LogP contribution < -0.4 is 5.32 Å². The van der Waals surface area contributed by atoms with E-state index in [2.05, 4.69) is 21.2 Å². The van der Waals surface area contributed by atoms with Crippen LogP contribution in [-0.2, 0) is 37.0 Å². The van der Waals surface area contributed by atoms with Crippen LogP contribution in [0.5, 0.6) is 0 Å². The molecule has 1 N–H and O–H groups in total. The molecule has 0 bridgehead atoms. The van der Waals surface area contributed by atoms with E-state index >= 15 is 0 Å². The maximum atomic E-state index is 13.4. The van der Waals surface area contributed by atoms with E-state index < -0.39 is 35.6 Å². The van der Waals surface area contributed by atoms with E-state index in [1.165, 1.54) is 0 Å². The van der Waals surface area contributed by atoms with Gasteiger partial charge in [0.1, 0.15) is 18.8 Å². The maximum Gasteiger partial charge on any atom is 0.408 e. The largest absolute Gasteiger partial charge is 0.460 e. The summed E-state index contributed by atoms with van der Waals surface area (Å²) in [6.45, 7) is 5.09. The van der Waals surface area contributed by atoms with Gasteiger partial charge < -0.3 is 19.5 Å². The Morgan fingerprint density at radius 2 is 1.22 bits per heavy atom. The van der Waals surface area contributed by atoms with Crippen LogP contribution in [0.3, 0.4) is 0 Å². The molecule has 0 saturated carbocycles. The van der Waals surface area contributed by atoms with Crippen molar-refractivity contribution in [3.63, 3.8) is 0 Å². The molecule has 0 aromatic heterocycles. The van der Waals surface area contributed by atoms with Gasteiger partial charge in [-0.15, -0.1) is 0 Å². The Hall–Kier alpha value is -3.65. The molecule has 0 spiro atoms. The number of rotatable bonds is 9. The Balaban J connectivity index is 1.91. The van der Waals surface area contributed by atoms with Crippen molar-refractivity contribution in [3.8, 4) is 0 Å². The predicted molar refractivity (Wildman–Crippen MR) is 142 cm³/mol. The van der Waals surface area contributed by atoms with Gasteiger partial charge in [0.05, 0.1) is 6.04 Å². The van der Waals surface area contributed by atoms with Gasteiger partial charge in [0.2, 0.25) is 0 Å². The van der Waals surface area contributed by atoms with Crippen molar-refractivity contribution in [2.24, 2.45) is 5.92 Å². The maximum absolute atomic E-state index is 13.4. The minimum atomic E-state index is -1.49. The first-order chi connectivity index (χ1) is 17.6. The van der Waals surface area contributed by atoms with Crippen LogP contribution in [-0.4, -0.2) is 23.6 Å². The number of ether oxygens (including phenoxy) is 3. The summed E-state index contributed by atoms with van der Waals surface area (Å²) in [4.78, 5) is 39.6. The standard InChI is InChI=1S/C29H30BrNO6/c1-29(2,3)37-28(34)31-25(22-14-16-23(30)17-15-22)24(26(32)35-18-20-10-6-4-7-11-20)27(33)36-19-21-12-8-5-9-13-21/h4-17,24-25H,18-19H2,1-3H3,(H,31,34)/t25-/m0/s1. The molecule has 3 rings (SSSR count). The third-order valence-corrected chi connectivity index (χ3v) is 5.72. The van der Waals surface area contributed by atoms with E-state index in [1.54, 1.807) is 69.3 Å². The highest BCUT2D eigenvalue weighted by atomic mass is 79.9. The summed E-state index contributed by atoms with van der Waals surface area (Å²) in [5.41, 5.74) is 1.23. The normalized spacial score (nSPS) is 11.9. The van der Waals surface area contributed by atoms with Crippen LogP contribution in [0.15, 0.2) is 89.4 Å². The van der Waals surface area contributed by atoms with Gasteiger partial charge in [-0.3, -0.25) is 9.59 Å². The molecule has 37 heavy (non-hydrogen) atoms. The highest BCUT2D eigenvalue weighted by molar-refractivity contribution is 9.10. The summed E-state index contributed by atoms with van der Waals surface area (Å²) in [7, 11) is 0. The van der Waals surface area contributed by atoms with Crippen molar-refractivity contribution >= 4 is 34.0 Å². The van der Waals surface area contributed by atoms with E-state index in [4.69, 9.17) is 14.2 Å². The number of carbonyl (C=O) groups is 3. The van der Waals surface area contributed by atoms with Crippen molar-refractivity contribution in [3.05, 3.63) is 106 Å². The second-order valence-electron chi connectivity index (χ2n) is 9.34. The first-order valence-corrected chi connectivity index (χ1v) is 12.6. The summed E-state index contributed by atoms with van der Waals surface area (Å²) < 4.78 is 17.3. The number of nitrogens with one attached hydrogen (secondary N) is 1. The highest BCUT2D eigenvalue weighted by Crippen LogP contribution is 2.28. The van der Waals surface area contributed by atoms with Crippen molar-refractivity contribution in [2.75, 3.05) is 0 Å². The zero-order chi connectivity index (χ0) is 26.8. The molecule has 0 aliphatic rings. The third-order valence-electron chi connectivity index (χ3n) is 5.19. The lowest BCUT2D eigenvalue weighted by atomic mass is 9.93. The van der Waals surface area contributed by atoms with E-state index in [0.29, 0.717) is 5.56 Å². The molecular formula is C29H30BrNO6. The van der Waals surface area contributed by atoms with Crippen molar-refractivity contribution < 1.29 is 28.6 Å². The van der Waals surface area contributed by atoms with Crippen LogP contribution in [0.1, 0.15) is 43.5 Å². The Bertz CT molecular complexity index is 1120. The summed E-state index contributed by atoms with van der Waals surface area (Å²) in [5, 5.41) is 2.69. The summed E-state index contributed by atoms with van der Waals surface area (Å²) in [6, 6.07) is 24.0. The molecule has 1 amide bonds. The van der Waals surface area contributed by atoms with Gasteiger partial charge in [0.15, 0.2) is 5.92 Å². The summed E-state index contributed by atoms with van der Waals surface area (Å²) in [6.07, 6.45) is -0.780. The van der Waals surface area contributed by atoms with Gasteiger partial charge >= 0.3 is 18.0 Å². The third kappa shape index (κ3) is 9.06. The molecule has 8 heteroatoms. The van der Waals surface area contributed by atoms with Crippen molar-refractivity contribution in [2.45, 2.75) is 45.6 Å². The molecule has 7 nitrogen and oxygen atoms in total. The molecule has 3 aromatic rings. The van der Waals surface area contributed by atoms with Gasteiger partial charge in [-0.05, 0) is 49.6 Å². The van der Waals surface area contributed by atoms with Crippen LogP contribution >= 0.6 is 15.9 Å². The number of hydrogen-bond acceptors (Lipinski definition) is 6. The Kier molecular flexibility index (Phi) is 9.85. The minimum Gasteiger partial charge on any atom is -0.460 e. The monoisotopic (exact) mass is 567 g/mol. The number of alkyl carbamates (subject to hydrolysis) is 1. The smallest absolute Gasteiger partial charge is 0.408 e. The van der Waals surface area contributed by atoms with Gasteiger partial charge in [-0.2, -0.15) is 0 Å². The molecule has 0 saturated heterocycles. The minimum absolute atomic E-state index is 0.0400. The van der Waals surface area contributed by atoms with E-state index in [9.17, 15) is 14.4 Å². The summed E-state index contributed by atoms with van der Waals surface area (Å²) in [5.74, 6) is -3.14. The lowest BCUT2D eigenvalue weighted by molar-refractivity contribution is -0.165. The molecule has 1 atom stereocenters. The topological polar surface area (TPSA) is 90.9 Å². The number of amides is 1. The number of hydrogen-bond donors (Lipinski definition) is 1. The molecule has 0 unspecified atom stereocenters. The average Bonchev–Trinajstić information content (AvgIpc) is 2.86. The van der Waals surface area contributed by atoms with Crippen molar-refractivity contribution in [1.82, 2.24) is 5.32 Å². The van der Waals surface area contributed by atoms with Gasteiger partial charge in [0, 0.05) is 4.47 Å². The van der Waals surface area contributed by atoms with Crippen LogP contribution in [0.2, 0.25) is 0 Å². The van der Waals surface area contributed by atoms with Crippen LogP contribution in [0, 0.1) is 5.92 Å². The Morgan fingerprint density at radius 1 is 0.757 bits per heavy atom. The second-order valence-corrected chi connectivity index (χ2v) is 10.3. The number of esters is 2. The zero-order valence-corrected chi connectivity index (χ0v) is 22.6. The van der Waals surface area contributed by atoms with Gasteiger partial charge in [-0.25, -0.2) is 4.79 Å². The van der Waals surface area contributed by atoms with Crippen molar-refractivity contribution in [1.29, 1.82) is 0 Å². The predicted octanol–water partition coefficient (Wildman–Crippen LogP) is 6.12. The number of halogens is 1. The first-order valence-electron chi connectivity index (χ1n) is 11.8. The fourth-order valence-electron chi connectivity index (χ4n) is 3.47. The van der Waals surface area contributed by atoms with Gasteiger partial charge in [0.25, 0.3) is 0 Å².